The van der Waals surface area contributed by atoms with Crippen molar-refractivity contribution in [2.45, 2.75) is 52.1 Å². The molecule has 0 aliphatic heterocycles. The average Bonchev–Trinajstić information content (AvgIpc) is 2.43. The minimum absolute atomic E-state index is 0.308. The minimum Gasteiger partial charge on any atom is -0.388 e. The lowest BCUT2D eigenvalue weighted by Crippen LogP contribution is -2.35. The third kappa shape index (κ3) is 3.80. The van der Waals surface area contributed by atoms with Crippen molar-refractivity contribution in [2.75, 3.05) is 24.2 Å². The molecular formula is C14H26N4O. The van der Waals surface area contributed by atoms with E-state index in [0.29, 0.717) is 12.5 Å². The average molecular weight is 266 g/mol. The molecule has 0 aliphatic rings. The molecule has 3 N–H and O–H groups in total. The number of hydrogen-bond donors (Lipinski definition) is 3. The first kappa shape index (κ1) is 15.7. The molecule has 0 spiro atoms. The zero-order valence-corrected chi connectivity index (χ0v) is 12.6. The summed E-state index contributed by atoms with van der Waals surface area (Å²) >= 11 is 0. The highest BCUT2D eigenvalue weighted by atomic mass is 16.3. The van der Waals surface area contributed by atoms with Crippen LogP contribution in [0.4, 0.5) is 11.6 Å². The summed E-state index contributed by atoms with van der Waals surface area (Å²) in [7, 11) is 1.85. The van der Waals surface area contributed by atoms with Crippen LogP contribution in [0.15, 0.2) is 6.33 Å². The molecule has 0 saturated carbocycles. The molecule has 0 atom stereocenters. The summed E-state index contributed by atoms with van der Waals surface area (Å²) < 4.78 is 0. The van der Waals surface area contributed by atoms with Crippen LogP contribution in [0.2, 0.25) is 0 Å². The van der Waals surface area contributed by atoms with Gasteiger partial charge in [0.25, 0.3) is 0 Å². The highest BCUT2D eigenvalue weighted by Gasteiger charge is 2.23. The topological polar surface area (TPSA) is 70.1 Å². The van der Waals surface area contributed by atoms with Gasteiger partial charge in [0.2, 0.25) is 0 Å². The maximum Gasteiger partial charge on any atom is 0.135 e. The molecule has 0 saturated heterocycles. The molecule has 1 heterocycles. The van der Waals surface area contributed by atoms with Gasteiger partial charge in [-0.2, -0.15) is 0 Å². The van der Waals surface area contributed by atoms with Gasteiger partial charge in [0.15, 0.2) is 0 Å². The Morgan fingerprint density at radius 2 is 1.79 bits per heavy atom. The summed E-state index contributed by atoms with van der Waals surface area (Å²) in [5, 5.41) is 16.7. The second-order valence-electron chi connectivity index (χ2n) is 5.17. The first-order valence-electron chi connectivity index (χ1n) is 6.96. The number of rotatable bonds is 7. The van der Waals surface area contributed by atoms with Crippen molar-refractivity contribution in [3.05, 3.63) is 11.9 Å². The Morgan fingerprint density at radius 3 is 2.26 bits per heavy atom. The van der Waals surface area contributed by atoms with Gasteiger partial charge in [0.1, 0.15) is 18.0 Å². The smallest absolute Gasteiger partial charge is 0.135 e. The van der Waals surface area contributed by atoms with Crippen LogP contribution in [0.25, 0.3) is 0 Å². The number of anilines is 2. The molecule has 1 aromatic rings. The van der Waals surface area contributed by atoms with Gasteiger partial charge in [-0.05, 0) is 18.8 Å². The first-order chi connectivity index (χ1) is 8.97. The second kappa shape index (κ2) is 6.70. The van der Waals surface area contributed by atoms with Crippen LogP contribution in [0.1, 0.15) is 52.0 Å². The van der Waals surface area contributed by atoms with Crippen LogP contribution in [0, 0.1) is 0 Å². The maximum absolute atomic E-state index is 10.3. The first-order valence-corrected chi connectivity index (χ1v) is 6.96. The molecular weight excluding hydrogens is 240 g/mol. The lowest BCUT2D eigenvalue weighted by Gasteiger charge is -2.26. The van der Waals surface area contributed by atoms with Gasteiger partial charge in [0.05, 0.1) is 5.60 Å². The fourth-order valence-corrected chi connectivity index (χ4v) is 2.03. The molecule has 1 aromatic heterocycles. The zero-order chi connectivity index (χ0) is 14.5. The molecule has 108 valence electrons. The monoisotopic (exact) mass is 266 g/mol. The van der Waals surface area contributed by atoms with Crippen molar-refractivity contribution in [3.8, 4) is 0 Å². The van der Waals surface area contributed by atoms with Gasteiger partial charge in [-0.3, -0.25) is 0 Å². The van der Waals surface area contributed by atoms with Crippen LogP contribution in [-0.2, 0) is 0 Å². The highest BCUT2D eigenvalue weighted by Crippen LogP contribution is 2.28. The Kier molecular flexibility index (Phi) is 5.54. The number of nitrogens with one attached hydrogen (secondary N) is 2. The Labute approximate surface area is 115 Å². The molecule has 0 aliphatic carbocycles. The molecule has 1 rings (SSSR count). The lowest BCUT2D eigenvalue weighted by molar-refractivity contribution is 0.0456. The van der Waals surface area contributed by atoms with Crippen molar-refractivity contribution < 1.29 is 5.11 Å². The third-order valence-corrected chi connectivity index (χ3v) is 3.60. The molecule has 0 amide bonds. The van der Waals surface area contributed by atoms with E-state index in [0.717, 1.165) is 30.0 Å². The van der Waals surface area contributed by atoms with Crippen molar-refractivity contribution in [1.82, 2.24) is 9.97 Å². The molecule has 19 heavy (non-hydrogen) atoms. The summed E-state index contributed by atoms with van der Waals surface area (Å²) in [5.74, 6) is 1.95. The van der Waals surface area contributed by atoms with Crippen molar-refractivity contribution in [1.29, 1.82) is 0 Å². The summed E-state index contributed by atoms with van der Waals surface area (Å²) in [5.41, 5.74) is 0.374. The fraction of sp³-hybridized carbons (Fsp3) is 0.714. The van der Waals surface area contributed by atoms with Gasteiger partial charge in [-0.25, -0.2) is 9.97 Å². The number of aromatic nitrogens is 2. The van der Waals surface area contributed by atoms with E-state index in [1.54, 1.807) is 0 Å². The van der Waals surface area contributed by atoms with E-state index in [-0.39, 0.29) is 0 Å². The Morgan fingerprint density at radius 1 is 1.21 bits per heavy atom. The van der Waals surface area contributed by atoms with Crippen molar-refractivity contribution >= 4 is 11.6 Å². The van der Waals surface area contributed by atoms with Gasteiger partial charge >= 0.3 is 0 Å². The van der Waals surface area contributed by atoms with E-state index in [4.69, 9.17) is 0 Å². The quantitative estimate of drug-likeness (QED) is 0.707. The number of hydrogen-bond acceptors (Lipinski definition) is 5. The number of aliphatic hydroxyl groups is 1. The van der Waals surface area contributed by atoms with E-state index >= 15 is 0 Å². The normalized spacial score (nSPS) is 11.7. The Bertz CT molecular complexity index is 402. The molecule has 0 unspecified atom stereocenters. The van der Waals surface area contributed by atoms with Crippen LogP contribution in [0.5, 0.6) is 0 Å². The van der Waals surface area contributed by atoms with E-state index in [9.17, 15) is 5.11 Å². The summed E-state index contributed by atoms with van der Waals surface area (Å²) in [6, 6.07) is 0. The Hall–Kier alpha value is -1.36. The predicted octanol–water partition coefficient (Wildman–Crippen LogP) is 2.60. The van der Waals surface area contributed by atoms with Gasteiger partial charge < -0.3 is 15.7 Å². The van der Waals surface area contributed by atoms with Crippen LogP contribution < -0.4 is 10.6 Å². The van der Waals surface area contributed by atoms with Crippen molar-refractivity contribution in [2.24, 2.45) is 0 Å². The molecule has 0 radical (unpaired) electrons. The van der Waals surface area contributed by atoms with Gasteiger partial charge in [0, 0.05) is 19.2 Å². The lowest BCUT2D eigenvalue weighted by atomic mass is 9.97. The van der Waals surface area contributed by atoms with E-state index in [1.165, 1.54) is 6.33 Å². The molecule has 5 heteroatoms. The standard InChI is InChI=1S/C14H26N4O/c1-6-14(19,7-2)8-16-13-11(10(3)4)12(15-5)17-9-18-13/h9-10,19H,6-8H2,1-5H3,(H2,15,16,17,18). The zero-order valence-electron chi connectivity index (χ0n) is 12.6. The summed E-state index contributed by atoms with van der Waals surface area (Å²) in [6.07, 6.45) is 2.98. The van der Waals surface area contributed by atoms with Crippen LogP contribution in [0.3, 0.4) is 0 Å². The van der Waals surface area contributed by atoms with Crippen LogP contribution >= 0.6 is 0 Å². The fourth-order valence-electron chi connectivity index (χ4n) is 2.03. The second-order valence-corrected chi connectivity index (χ2v) is 5.17. The van der Waals surface area contributed by atoms with Crippen LogP contribution in [-0.4, -0.2) is 34.3 Å². The number of nitrogens with zero attached hydrogens (tertiary/aromatic N) is 2. The minimum atomic E-state index is -0.682. The summed E-state index contributed by atoms with van der Waals surface area (Å²) in [4.78, 5) is 8.55. The molecule has 0 fully saturated rings. The van der Waals surface area contributed by atoms with Gasteiger partial charge in [-0.1, -0.05) is 27.7 Å². The third-order valence-electron chi connectivity index (χ3n) is 3.60. The molecule has 0 bridgehead atoms. The SMILES string of the molecule is CCC(O)(CC)CNc1ncnc(NC)c1C(C)C. The predicted molar refractivity (Wildman–Crippen MR) is 79.7 cm³/mol. The maximum atomic E-state index is 10.3. The van der Waals surface area contributed by atoms with E-state index in [2.05, 4.69) is 34.4 Å². The Balaban J connectivity index is 2.95. The van der Waals surface area contributed by atoms with Gasteiger partial charge in [-0.15, -0.1) is 0 Å². The van der Waals surface area contributed by atoms with E-state index < -0.39 is 5.60 Å². The molecule has 5 nitrogen and oxygen atoms in total. The van der Waals surface area contributed by atoms with Crippen molar-refractivity contribution in [3.63, 3.8) is 0 Å². The van der Waals surface area contributed by atoms with E-state index in [1.807, 2.05) is 20.9 Å². The molecule has 0 aromatic carbocycles. The largest absolute Gasteiger partial charge is 0.388 e. The summed E-state index contributed by atoms with van der Waals surface area (Å²) in [6.45, 7) is 8.70. The highest BCUT2D eigenvalue weighted by molar-refractivity contribution is 5.58.